The van der Waals surface area contributed by atoms with Gasteiger partial charge < -0.3 is 4.52 Å². The Labute approximate surface area is 125 Å². The average Bonchev–Trinajstić information content (AvgIpc) is 3.19. The third-order valence-corrected chi connectivity index (χ3v) is 4.80. The molecule has 1 aliphatic rings. The van der Waals surface area contributed by atoms with Crippen LogP contribution in [0.2, 0.25) is 0 Å². The molecule has 1 aliphatic heterocycles. The van der Waals surface area contributed by atoms with Crippen molar-refractivity contribution in [2.45, 2.75) is 38.6 Å². The number of aryl methyl sites for hydroxylation is 3. The highest BCUT2D eigenvalue weighted by Crippen LogP contribution is 2.30. The second-order valence-corrected chi connectivity index (χ2v) is 6.20. The van der Waals surface area contributed by atoms with Crippen molar-refractivity contribution in [1.82, 2.24) is 30.3 Å². The molecule has 4 rings (SSSR count). The molecule has 0 N–H and O–H groups in total. The molecule has 0 fully saturated rings. The van der Waals surface area contributed by atoms with Crippen LogP contribution >= 0.6 is 11.3 Å². The Balaban J connectivity index is 1.55. The molecule has 0 aromatic carbocycles. The summed E-state index contributed by atoms with van der Waals surface area (Å²) >= 11 is 1.64. The maximum absolute atomic E-state index is 5.48. The van der Waals surface area contributed by atoms with Crippen molar-refractivity contribution in [3.63, 3.8) is 0 Å². The maximum Gasteiger partial charge on any atom is 0.230 e. The molecular weight excluding hydrogens is 288 g/mol. The summed E-state index contributed by atoms with van der Waals surface area (Å²) in [5.41, 5.74) is 1.22. The average molecular weight is 302 g/mol. The largest absolute Gasteiger partial charge is 0.339 e. The van der Waals surface area contributed by atoms with E-state index in [1.165, 1.54) is 5.56 Å². The van der Waals surface area contributed by atoms with E-state index in [4.69, 9.17) is 4.52 Å². The van der Waals surface area contributed by atoms with Gasteiger partial charge in [-0.1, -0.05) is 5.16 Å². The fourth-order valence-electron chi connectivity index (χ4n) is 2.60. The first-order valence-electron chi connectivity index (χ1n) is 6.94. The first-order valence-corrected chi connectivity index (χ1v) is 7.82. The van der Waals surface area contributed by atoms with Crippen LogP contribution in [0.4, 0.5) is 0 Å². The van der Waals surface area contributed by atoms with Gasteiger partial charge in [-0.25, -0.2) is 4.68 Å². The van der Waals surface area contributed by atoms with E-state index in [2.05, 4.69) is 44.0 Å². The molecule has 0 saturated carbocycles. The number of thiophene rings is 1. The normalized spacial score (nSPS) is 18.4. The minimum absolute atomic E-state index is 0.260. The summed E-state index contributed by atoms with van der Waals surface area (Å²) in [6.07, 6.45) is 2.70. The second-order valence-electron chi connectivity index (χ2n) is 5.29. The Morgan fingerprint density at radius 3 is 3.19 bits per heavy atom. The zero-order valence-corrected chi connectivity index (χ0v) is 12.4. The van der Waals surface area contributed by atoms with Crippen molar-refractivity contribution in [2.24, 2.45) is 0 Å². The topological polar surface area (TPSA) is 82.5 Å². The molecule has 3 aromatic rings. The van der Waals surface area contributed by atoms with Gasteiger partial charge in [0.05, 0.1) is 4.88 Å². The van der Waals surface area contributed by atoms with E-state index >= 15 is 0 Å². The van der Waals surface area contributed by atoms with E-state index in [1.807, 2.05) is 4.68 Å². The third-order valence-electron chi connectivity index (χ3n) is 3.75. The van der Waals surface area contributed by atoms with E-state index in [0.717, 1.165) is 42.4 Å². The molecule has 1 unspecified atom stereocenters. The van der Waals surface area contributed by atoms with E-state index in [1.54, 1.807) is 11.3 Å². The maximum atomic E-state index is 5.48. The highest BCUT2D eigenvalue weighted by Gasteiger charge is 2.24. The van der Waals surface area contributed by atoms with Gasteiger partial charge in [-0.3, -0.25) is 0 Å². The molecule has 108 valence electrons. The Morgan fingerprint density at radius 2 is 2.33 bits per heavy atom. The minimum atomic E-state index is 0.260. The summed E-state index contributed by atoms with van der Waals surface area (Å²) < 4.78 is 7.34. The molecule has 0 radical (unpaired) electrons. The van der Waals surface area contributed by atoms with Crippen molar-refractivity contribution in [1.29, 1.82) is 0 Å². The number of hydrogen-bond donors (Lipinski definition) is 0. The highest BCUT2D eigenvalue weighted by molar-refractivity contribution is 7.13. The molecule has 0 aliphatic carbocycles. The molecule has 0 spiro atoms. The first kappa shape index (κ1) is 12.6. The van der Waals surface area contributed by atoms with Crippen LogP contribution < -0.4 is 0 Å². The standard InChI is InChI=1S/C13H14N6OS/c1-8-6-10(21-7-8)12-14-13(20-16-12)9-2-3-11-15-17-18-19(11)5-4-9/h6-7,9H,2-5H2,1H3. The smallest absolute Gasteiger partial charge is 0.230 e. The lowest BCUT2D eigenvalue weighted by atomic mass is 10.0. The molecule has 21 heavy (non-hydrogen) atoms. The van der Waals surface area contributed by atoms with Gasteiger partial charge in [-0.2, -0.15) is 4.98 Å². The molecule has 3 aromatic heterocycles. The van der Waals surface area contributed by atoms with Crippen molar-refractivity contribution in [3.8, 4) is 10.7 Å². The van der Waals surface area contributed by atoms with E-state index in [9.17, 15) is 0 Å². The van der Waals surface area contributed by atoms with Crippen molar-refractivity contribution >= 4 is 11.3 Å². The number of hydrogen-bond acceptors (Lipinski definition) is 7. The molecule has 7 nitrogen and oxygen atoms in total. The van der Waals surface area contributed by atoms with Crippen LogP contribution in [0.25, 0.3) is 10.7 Å². The number of fused-ring (bicyclic) bond motifs is 1. The summed E-state index contributed by atoms with van der Waals surface area (Å²) in [6, 6.07) is 2.08. The zero-order valence-electron chi connectivity index (χ0n) is 11.6. The Hall–Kier alpha value is -2.09. The summed E-state index contributed by atoms with van der Waals surface area (Å²) in [5, 5.41) is 17.9. The Bertz CT molecular complexity index is 738. The summed E-state index contributed by atoms with van der Waals surface area (Å²) in [7, 11) is 0. The predicted octanol–water partition coefficient (Wildman–Crippen LogP) is 2.21. The molecule has 1 atom stereocenters. The predicted molar refractivity (Wildman–Crippen MR) is 75.8 cm³/mol. The highest BCUT2D eigenvalue weighted by atomic mass is 32.1. The third kappa shape index (κ3) is 2.35. The van der Waals surface area contributed by atoms with Gasteiger partial charge in [0, 0.05) is 18.9 Å². The van der Waals surface area contributed by atoms with Gasteiger partial charge in [0.25, 0.3) is 0 Å². The Morgan fingerprint density at radius 1 is 1.38 bits per heavy atom. The van der Waals surface area contributed by atoms with Gasteiger partial charge in [0.1, 0.15) is 0 Å². The van der Waals surface area contributed by atoms with Gasteiger partial charge in [0.15, 0.2) is 5.82 Å². The lowest BCUT2D eigenvalue weighted by molar-refractivity contribution is 0.337. The molecule has 0 amide bonds. The van der Waals surface area contributed by atoms with Crippen LogP contribution in [-0.2, 0) is 13.0 Å². The fourth-order valence-corrected chi connectivity index (χ4v) is 3.42. The van der Waals surface area contributed by atoms with Crippen molar-refractivity contribution in [3.05, 3.63) is 28.7 Å². The lowest BCUT2D eigenvalue weighted by Gasteiger charge is -2.06. The van der Waals surface area contributed by atoms with Gasteiger partial charge in [0.2, 0.25) is 11.7 Å². The first-order chi connectivity index (χ1) is 10.3. The van der Waals surface area contributed by atoms with Crippen LogP contribution in [-0.4, -0.2) is 30.3 Å². The SMILES string of the molecule is Cc1csc(-c2noc(C3CCc4nnnn4CC3)n2)c1. The van der Waals surface area contributed by atoms with Crippen molar-refractivity contribution in [2.75, 3.05) is 0 Å². The van der Waals surface area contributed by atoms with Crippen LogP contribution in [0.1, 0.15) is 36.0 Å². The van der Waals surface area contributed by atoms with Crippen LogP contribution in [0.5, 0.6) is 0 Å². The van der Waals surface area contributed by atoms with Crippen LogP contribution in [0.15, 0.2) is 16.0 Å². The quantitative estimate of drug-likeness (QED) is 0.722. The Kier molecular flexibility index (Phi) is 3.03. The van der Waals surface area contributed by atoms with E-state index in [-0.39, 0.29) is 5.92 Å². The van der Waals surface area contributed by atoms with E-state index in [0.29, 0.717) is 5.82 Å². The zero-order chi connectivity index (χ0) is 14.2. The fraction of sp³-hybridized carbons (Fsp3) is 0.462. The summed E-state index contributed by atoms with van der Waals surface area (Å²) in [4.78, 5) is 5.62. The van der Waals surface area contributed by atoms with Gasteiger partial charge in [-0.15, -0.1) is 16.4 Å². The second kappa shape index (κ2) is 5.03. The number of nitrogens with zero attached hydrogens (tertiary/aromatic N) is 6. The number of aromatic nitrogens is 6. The summed E-state index contributed by atoms with van der Waals surface area (Å²) in [5.74, 6) is 2.60. The minimum Gasteiger partial charge on any atom is -0.339 e. The monoisotopic (exact) mass is 302 g/mol. The van der Waals surface area contributed by atoms with Gasteiger partial charge >= 0.3 is 0 Å². The number of rotatable bonds is 2. The molecule has 0 saturated heterocycles. The van der Waals surface area contributed by atoms with E-state index < -0.39 is 0 Å². The molecule has 0 bridgehead atoms. The van der Waals surface area contributed by atoms with Crippen LogP contribution in [0, 0.1) is 6.92 Å². The summed E-state index contributed by atoms with van der Waals surface area (Å²) in [6.45, 7) is 2.86. The lowest BCUT2D eigenvalue weighted by Crippen LogP contribution is -2.04. The van der Waals surface area contributed by atoms with Crippen molar-refractivity contribution < 1.29 is 4.52 Å². The van der Waals surface area contributed by atoms with Crippen LogP contribution in [0.3, 0.4) is 0 Å². The molecule has 8 heteroatoms. The number of tetrazole rings is 1. The molecule has 4 heterocycles. The molecular formula is C13H14N6OS. The van der Waals surface area contributed by atoms with Gasteiger partial charge in [-0.05, 0) is 47.2 Å².